The van der Waals surface area contributed by atoms with Crippen LogP contribution in [0.1, 0.15) is 19.3 Å². The summed E-state index contributed by atoms with van der Waals surface area (Å²) in [5.41, 5.74) is 0. The predicted molar refractivity (Wildman–Crippen MR) is 37.7 cm³/mol. The first kappa shape index (κ1) is 5.82. The fraction of sp³-hybridized carbons (Fsp3) is 1.00. The lowest BCUT2D eigenvalue weighted by atomic mass is 10.3. The van der Waals surface area contributed by atoms with E-state index in [0.717, 1.165) is 16.8 Å². The molecule has 0 aliphatic heterocycles. The molecule has 42 valence electrons. The van der Waals surface area contributed by atoms with Gasteiger partial charge in [-0.05, 0) is 19.3 Å². The van der Waals surface area contributed by atoms with E-state index >= 15 is 0 Å². The Bertz CT molecular complexity index is 57.1. The van der Waals surface area contributed by atoms with Crippen LogP contribution in [0.5, 0.6) is 0 Å². The van der Waals surface area contributed by atoms with Crippen LogP contribution >= 0.6 is 22.6 Å². The van der Waals surface area contributed by atoms with Gasteiger partial charge in [-0.25, -0.2) is 0 Å². The molecule has 1 fully saturated rings. The monoisotopic (exact) mass is 212 g/mol. The largest absolute Gasteiger partial charge is 0.393 e. The third kappa shape index (κ3) is 1.57. The summed E-state index contributed by atoms with van der Waals surface area (Å²) in [6.07, 6.45) is 3.26. The molecule has 0 heterocycles. The van der Waals surface area contributed by atoms with Gasteiger partial charge in [-0.1, -0.05) is 22.6 Å². The maximum Gasteiger partial charge on any atom is 0.0550 e. The van der Waals surface area contributed by atoms with Crippen molar-refractivity contribution in [2.45, 2.75) is 29.3 Å². The Kier molecular flexibility index (Phi) is 1.92. The molecule has 1 rings (SSSR count). The van der Waals surface area contributed by atoms with E-state index in [1.165, 1.54) is 6.42 Å². The molecule has 2 heteroatoms. The molecule has 0 aromatic heterocycles. The van der Waals surface area contributed by atoms with Gasteiger partial charge in [0.1, 0.15) is 0 Å². The lowest BCUT2D eigenvalue weighted by molar-refractivity contribution is 0.184. The highest BCUT2D eigenvalue weighted by Gasteiger charge is 2.19. The van der Waals surface area contributed by atoms with Crippen LogP contribution in [0.3, 0.4) is 0 Å². The summed E-state index contributed by atoms with van der Waals surface area (Å²) in [6, 6.07) is 0. The molecular formula is C5H9IO. The van der Waals surface area contributed by atoms with E-state index in [-0.39, 0.29) is 6.10 Å². The van der Waals surface area contributed by atoms with Crippen molar-refractivity contribution in [3.05, 3.63) is 0 Å². The van der Waals surface area contributed by atoms with Crippen LogP contribution in [-0.4, -0.2) is 15.1 Å². The van der Waals surface area contributed by atoms with Gasteiger partial charge in [0.2, 0.25) is 0 Å². The molecule has 1 N–H and O–H groups in total. The Labute approximate surface area is 57.2 Å². The summed E-state index contributed by atoms with van der Waals surface area (Å²) in [5.74, 6) is 0. The molecule has 0 amide bonds. The molecule has 0 saturated heterocycles. The Morgan fingerprint density at radius 1 is 1.43 bits per heavy atom. The number of aliphatic hydroxyl groups is 1. The lowest BCUT2D eigenvalue weighted by Gasteiger charge is -1.94. The van der Waals surface area contributed by atoms with Gasteiger partial charge in [-0.2, -0.15) is 0 Å². The highest BCUT2D eigenvalue weighted by molar-refractivity contribution is 14.1. The van der Waals surface area contributed by atoms with Gasteiger partial charge in [0.15, 0.2) is 0 Å². The first-order valence-electron chi connectivity index (χ1n) is 2.61. The molecule has 0 bridgehead atoms. The van der Waals surface area contributed by atoms with Crippen molar-refractivity contribution in [1.82, 2.24) is 0 Å². The third-order valence-electron chi connectivity index (χ3n) is 1.34. The minimum atomic E-state index is 0.0156. The second-order valence-corrected chi connectivity index (χ2v) is 3.83. The SMILES string of the molecule is O[C@H]1CC[C@H](I)C1. The second-order valence-electron chi connectivity index (χ2n) is 2.06. The number of hydrogen-bond donors (Lipinski definition) is 1. The lowest BCUT2D eigenvalue weighted by Crippen LogP contribution is -1.98. The average Bonchev–Trinajstić information content (AvgIpc) is 1.87. The van der Waals surface area contributed by atoms with Crippen molar-refractivity contribution in [2.24, 2.45) is 0 Å². The van der Waals surface area contributed by atoms with Crippen LogP contribution in [0.2, 0.25) is 0 Å². The van der Waals surface area contributed by atoms with E-state index < -0.39 is 0 Å². The predicted octanol–water partition coefficient (Wildman–Crippen LogP) is 1.33. The van der Waals surface area contributed by atoms with Crippen molar-refractivity contribution in [3.63, 3.8) is 0 Å². The quantitative estimate of drug-likeness (QED) is 0.474. The fourth-order valence-electron chi connectivity index (χ4n) is 0.904. The first-order chi connectivity index (χ1) is 3.29. The van der Waals surface area contributed by atoms with Gasteiger partial charge in [0, 0.05) is 3.92 Å². The molecule has 1 aliphatic carbocycles. The molecule has 7 heavy (non-hydrogen) atoms. The fourth-order valence-corrected chi connectivity index (χ4v) is 1.85. The van der Waals surface area contributed by atoms with Crippen molar-refractivity contribution in [3.8, 4) is 0 Å². The zero-order valence-electron chi connectivity index (χ0n) is 4.10. The van der Waals surface area contributed by atoms with Gasteiger partial charge >= 0.3 is 0 Å². The Morgan fingerprint density at radius 3 is 2.29 bits per heavy atom. The summed E-state index contributed by atoms with van der Waals surface area (Å²) in [4.78, 5) is 0. The normalized spacial score (nSPS) is 42.0. The zero-order chi connectivity index (χ0) is 5.28. The summed E-state index contributed by atoms with van der Waals surface area (Å²) in [7, 11) is 0. The van der Waals surface area contributed by atoms with Gasteiger partial charge in [-0.15, -0.1) is 0 Å². The maximum atomic E-state index is 8.89. The Balaban J connectivity index is 2.26. The third-order valence-corrected chi connectivity index (χ3v) is 2.47. The molecule has 1 saturated carbocycles. The second kappa shape index (κ2) is 2.31. The van der Waals surface area contributed by atoms with E-state index in [1.54, 1.807) is 0 Å². The summed E-state index contributed by atoms with van der Waals surface area (Å²) >= 11 is 2.39. The van der Waals surface area contributed by atoms with Crippen LogP contribution in [0.15, 0.2) is 0 Å². The number of halogens is 1. The Morgan fingerprint density at radius 2 is 2.14 bits per heavy atom. The summed E-state index contributed by atoms with van der Waals surface area (Å²) in [6.45, 7) is 0. The zero-order valence-corrected chi connectivity index (χ0v) is 6.26. The number of aliphatic hydroxyl groups excluding tert-OH is 1. The minimum absolute atomic E-state index is 0.0156. The smallest absolute Gasteiger partial charge is 0.0550 e. The van der Waals surface area contributed by atoms with Crippen molar-refractivity contribution in [1.29, 1.82) is 0 Å². The van der Waals surface area contributed by atoms with Crippen molar-refractivity contribution in [2.75, 3.05) is 0 Å². The molecular weight excluding hydrogens is 203 g/mol. The molecule has 1 aliphatic rings. The molecule has 2 atom stereocenters. The van der Waals surface area contributed by atoms with Gasteiger partial charge in [-0.3, -0.25) is 0 Å². The molecule has 0 spiro atoms. The minimum Gasteiger partial charge on any atom is -0.393 e. The van der Waals surface area contributed by atoms with Gasteiger partial charge in [0.25, 0.3) is 0 Å². The van der Waals surface area contributed by atoms with E-state index in [9.17, 15) is 0 Å². The first-order valence-corrected chi connectivity index (χ1v) is 3.86. The highest BCUT2D eigenvalue weighted by atomic mass is 127. The number of rotatable bonds is 0. The van der Waals surface area contributed by atoms with Crippen molar-refractivity contribution < 1.29 is 5.11 Å². The highest BCUT2D eigenvalue weighted by Crippen LogP contribution is 2.25. The van der Waals surface area contributed by atoms with E-state index in [4.69, 9.17) is 5.11 Å². The topological polar surface area (TPSA) is 20.2 Å². The van der Waals surface area contributed by atoms with Crippen LogP contribution in [0.4, 0.5) is 0 Å². The summed E-state index contributed by atoms with van der Waals surface area (Å²) < 4.78 is 0.743. The van der Waals surface area contributed by atoms with E-state index in [1.807, 2.05) is 0 Å². The van der Waals surface area contributed by atoms with Crippen LogP contribution in [0.25, 0.3) is 0 Å². The standard InChI is InChI=1S/C5H9IO/c6-4-1-2-5(7)3-4/h4-5,7H,1-3H2/t4-,5-/m0/s1. The van der Waals surface area contributed by atoms with Crippen LogP contribution in [-0.2, 0) is 0 Å². The van der Waals surface area contributed by atoms with Crippen LogP contribution in [0, 0.1) is 0 Å². The molecule has 0 radical (unpaired) electrons. The Hall–Kier alpha value is 0.690. The number of alkyl halides is 1. The molecule has 0 aromatic carbocycles. The van der Waals surface area contributed by atoms with Gasteiger partial charge in [0.05, 0.1) is 6.10 Å². The average molecular weight is 212 g/mol. The van der Waals surface area contributed by atoms with E-state index in [2.05, 4.69) is 22.6 Å². The molecule has 0 aromatic rings. The number of hydrogen-bond acceptors (Lipinski definition) is 1. The van der Waals surface area contributed by atoms with Gasteiger partial charge < -0.3 is 5.11 Å². The maximum absolute atomic E-state index is 8.89. The molecule has 1 nitrogen and oxygen atoms in total. The van der Waals surface area contributed by atoms with Crippen molar-refractivity contribution >= 4 is 22.6 Å². The molecule has 0 unspecified atom stereocenters. The summed E-state index contributed by atoms with van der Waals surface area (Å²) in [5, 5.41) is 8.89. The van der Waals surface area contributed by atoms with Crippen LogP contribution < -0.4 is 0 Å². The van der Waals surface area contributed by atoms with E-state index in [0.29, 0.717) is 0 Å².